The fourth-order valence-corrected chi connectivity index (χ4v) is 2.95. The monoisotopic (exact) mass is 329 g/mol. The Morgan fingerprint density at radius 2 is 1.92 bits per heavy atom. The van der Waals surface area contributed by atoms with Gasteiger partial charge in [-0.2, -0.15) is 0 Å². The second-order valence-corrected chi connectivity index (χ2v) is 6.52. The first-order valence-corrected chi connectivity index (χ1v) is 8.80. The van der Waals surface area contributed by atoms with E-state index in [1.54, 1.807) is 13.0 Å². The van der Waals surface area contributed by atoms with Gasteiger partial charge in [0.1, 0.15) is 0 Å². The van der Waals surface area contributed by atoms with Crippen molar-refractivity contribution in [1.29, 1.82) is 0 Å². The zero-order chi connectivity index (χ0) is 17.4. The van der Waals surface area contributed by atoms with Crippen molar-refractivity contribution in [3.8, 4) is 0 Å². The highest BCUT2D eigenvalue weighted by molar-refractivity contribution is 5.90. The standard InChI is InChI=1S/C20H27NO3/c1-15-8-7-9-17(14-15)12-13-19(22)24-16(2)20(23)21-18-10-5-3-4-6-11-18/h7-9,12-14,16,18H,3-6,10-11H2,1-2H3,(H,21,23)/b13-12+/t16-/m1/s1. The quantitative estimate of drug-likeness (QED) is 0.508. The van der Waals surface area contributed by atoms with Gasteiger partial charge >= 0.3 is 5.97 Å². The molecule has 0 unspecified atom stereocenters. The topological polar surface area (TPSA) is 55.4 Å². The van der Waals surface area contributed by atoms with E-state index >= 15 is 0 Å². The summed E-state index contributed by atoms with van der Waals surface area (Å²) in [5, 5.41) is 3.00. The summed E-state index contributed by atoms with van der Waals surface area (Å²) in [7, 11) is 0. The van der Waals surface area contributed by atoms with Gasteiger partial charge in [0, 0.05) is 12.1 Å². The smallest absolute Gasteiger partial charge is 0.331 e. The largest absolute Gasteiger partial charge is 0.449 e. The molecule has 1 atom stereocenters. The second-order valence-electron chi connectivity index (χ2n) is 6.52. The van der Waals surface area contributed by atoms with Crippen LogP contribution in [0.4, 0.5) is 0 Å². The fourth-order valence-electron chi connectivity index (χ4n) is 2.95. The van der Waals surface area contributed by atoms with E-state index in [4.69, 9.17) is 4.74 Å². The van der Waals surface area contributed by atoms with Crippen LogP contribution < -0.4 is 5.32 Å². The first kappa shape index (κ1) is 18.2. The molecule has 0 spiro atoms. The summed E-state index contributed by atoms with van der Waals surface area (Å²) in [6, 6.07) is 8.04. The number of carbonyl (C=O) groups is 2. The molecule has 0 saturated heterocycles. The van der Waals surface area contributed by atoms with Gasteiger partial charge in [0.05, 0.1) is 0 Å². The van der Waals surface area contributed by atoms with Gasteiger partial charge < -0.3 is 10.1 Å². The molecule has 0 bridgehead atoms. The van der Waals surface area contributed by atoms with Crippen LogP contribution in [0.1, 0.15) is 56.6 Å². The SMILES string of the molecule is Cc1cccc(/C=C/C(=O)O[C@H](C)C(=O)NC2CCCCCC2)c1. The molecule has 4 heteroatoms. The van der Waals surface area contributed by atoms with Crippen molar-refractivity contribution in [3.05, 3.63) is 41.5 Å². The number of esters is 1. The van der Waals surface area contributed by atoms with Gasteiger partial charge in [-0.25, -0.2) is 4.79 Å². The Labute approximate surface area is 144 Å². The molecule has 1 fully saturated rings. The summed E-state index contributed by atoms with van der Waals surface area (Å²) in [6.07, 6.45) is 9.09. The summed E-state index contributed by atoms with van der Waals surface area (Å²) in [5.74, 6) is -0.709. The molecule has 130 valence electrons. The maximum absolute atomic E-state index is 12.2. The second kappa shape index (κ2) is 9.26. The van der Waals surface area contributed by atoms with Crippen LogP contribution in [0.3, 0.4) is 0 Å². The predicted octanol–water partition coefficient (Wildman–Crippen LogP) is 3.78. The predicted molar refractivity (Wildman–Crippen MR) is 95.4 cm³/mol. The number of aryl methyl sites for hydroxylation is 1. The minimum Gasteiger partial charge on any atom is -0.449 e. The number of nitrogens with one attached hydrogen (secondary N) is 1. The van der Waals surface area contributed by atoms with Gasteiger partial charge in [-0.05, 0) is 38.3 Å². The molecule has 1 N–H and O–H groups in total. The van der Waals surface area contributed by atoms with Gasteiger partial charge in [0.2, 0.25) is 0 Å². The molecule has 4 nitrogen and oxygen atoms in total. The first-order chi connectivity index (χ1) is 11.5. The number of benzene rings is 1. The van der Waals surface area contributed by atoms with Crippen LogP contribution in [0, 0.1) is 6.92 Å². The van der Waals surface area contributed by atoms with Crippen molar-refractivity contribution in [2.24, 2.45) is 0 Å². The molecule has 2 rings (SSSR count). The Morgan fingerprint density at radius 3 is 2.58 bits per heavy atom. The highest BCUT2D eigenvalue weighted by Gasteiger charge is 2.21. The van der Waals surface area contributed by atoms with E-state index in [2.05, 4.69) is 5.32 Å². The molecule has 1 aliphatic carbocycles. The molecule has 24 heavy (non-hydrogen) atoms. The van der Waals surface area contributed by atoms with Crippen molar-refractivity contribution in [1.82, 2.24) is 5.32 Å². The summed E-state index contributed by atoms with van der Waals surface area (Å²) < 4.78 is 5.20. The van der Waals surface area contributed by atoms with E-state index in [0.29, 0.717) is 0 Å². The lowest BCUT2D eigenvalue weighted by Gasteiger charge is -2.19. The summed E-state index contributed by atoms with van der Waals surface area (Å²) in [4.78, 5) is 24.0. The minimum absolute atomic E-state index is 0.209. The van der Waals surface area contributed by atoms with E-state index in [1.807, 2.05) is 31.2 Å². The van der Waals surface area contributed by atoms with Gasteiger partial charge in [-0.3, -0.25) is 4.79 Å². The van der Waals surface area contributed by atoms with Crippen LogP contribution in [0.2, 0.25) is 0 Å². The Morgan fingerprint density at radius 1 is 1.21 bits per heavy atom. The molecule has 0 heterocycles. The number of ether oxygens (including phenoxy) is 1. The molecule has 1 aromatic carbocycles. The van der Waals surface area contributed by atoms with Crippen molar-refractivity contribution in [3.63, 3.8) is 0 Å². The zero-order valence-corrected chi connectivity index (χ0v) is 14.6. The third-order valence-corrected chi connectivity index (χ3v) is 4.32. The third-order valence-electron chi connectivity index (χ3n) is 4.32. The van der Waals surface area contributed by atoms with Crippen LogP contribution in [0.25, 0.3) is 6.08 Å². The summed E-state index contributed by atoms with van der Waals surface area (Å²) in [5.41, 5.74) is 2.06. The lowest BCUT2D eigenvalue weighted by Crippen LogP contribution is -2.41. The highest BCUT2D eigenvalue weighted by Crippen LogP contribution is 2.17. The number of hydrogen-bond acceptors (Lipinski definition) is 3. The van der Waals surface area contributed by atoms with Crippen LogP contribution in [-0.4, -0.2) is 24.0 Å². The summed E-state index contributed by atoms with van der Waals surface area (Å²) >= 11 is 0. The first-order valence-electron chi connectivity index (χ1n) is 8.80. The summed E-state index contributed by atoms with van der Waals surface area (Å²) in [6.45, 7) is 3.61. The van der Waals surface area contributed by atoms with E-state index < -0.39 is 12.1 Å². The molecule has 0 aromatic heterocycles. The van der Waals surface area contributed by atoms with Crippen LogP contribution in [0.5, 0.6) is 0 Å². The van der Waals surface area contributed by atoms with Crippen LogP contribution >= 0.6 is 0 Å². The number of hydrogen-bond donors (Lipinski definition) is 1. The Kier molecular flexibility index (Phi) is 7.04. The molecular formula is C20H27NO3. The van der Waals surface area contributed by atoms with Crippen molar-refractivity contribution >= 4 is 18.0 Å². The molecule has 1 amide bonds. The molecule has 1 aliphatic rings. The lowest BCUT2D eigenvalue weighted by atomic mass is 10.1. The van der Waals surface area contributed by atoms with Crippen molar-refractivity contribution in [2.45, 2.75) is 64.5 Å². The maximum Gasteiger partial charge on any atom is 0.331 e. The average Bonchev–Trinajstić information content (AvgIpc) is 2.81. The van der Waals surface area contributed by atoms with E-state index in [1.165, 1.54) is 18.9 Å². The molecule has 0 aliphatic heterocycles. The fraction of sp³-hybridized carbons (Fsp3) is 0.500. The molecule has 1 aromatic rings. The van der Waals surface area contributed by atoms with Crippen LogP contribution in [-0.2, 0) is 14.3 Å². The van der Waals surface area contributed by atoms with E-state index in [0.717, 1.165) is 36.8 Å². The third kappa shape index (κ3) is 6.19. The minimum atomic E-state index is -0.775. The number of amides is 1. The average molecular weight is 329 g/mol. The van der Waals surface area contributed by atoms with Gasteiger partial charge in [0.25, 0.3) is 5.91 Å². The highest BCUT2D eigenvalue weighted by atomic mass is 16.5. The Hall–Kier alpha value is -2.10. The normalized spacial score (nSPS) is 17.2. The van der Waals surface area contributed by atoms with Gasteiger partial charge in [-0.1, -0.05) is 55.5 Å². The van der Waals surface area contributed by atoms with Crippen molar-refractivity contribution in [2.75, 3.05) is 0 Å². The van der Waals surface area contributed by atoms with E-state index in [9.17, 15) is 9.59 Å². The maximum atomic E-state index is 12.2. The number of rotatable bonds is 5. The zero-order valence-electron chi connectivity index (χ0n) is 14.6. The van der Waals surface area contributed by atoms with Gasteiger partial charge in [-0.15, -0.1) is 0 Å². The molecule has 0 radical (unpaired) electrons. The Balaban J connectivity index is 1.80. The van der Waals surface area contributed by atoms with E-state index in [-0.39, 0.29) is 11.9 Å². The van der Waals surface area contributed by atoms with Gasteiger partial charge in [0.15, 0.2) is 6.10 Å². The number of carbonyl (C=O) groups excluding carboxylic acids is 2. The lowest BCUT2D eigenvalue weighted by molar-refractivity contribution is -0.150. The van der Waals surface area contributed by atoms with Crippen molar-refractivity contribution < 1.29 is 14.3 Å². The van der Waals surface area contributed by atoms with Crippen LogP contribution in [0.15, 0.2) is 30.3 Å². The molecular weight excluding hydrogens is 302 g/mol. The molecule has 1 saturated carbocycles. The Bertz CT molecular complexity index is 586.